The molecule has 0 fully saturated rings. The standard InChI is InChI=1S/C19H19N5O/c1-13-7-9-15(10-8-13)20-18-16-11-24(12-17(16)22-23-18)19(25)21-14-5-3-2-4-6-14/h2-10H,11-12H2,1H3,(H,21,25)(H2,20,22,23). The predicted molar refractivity (Wildman–Crippen MR) is 97.8 cm³/mol. The topological polar surface area (TPSA) is 73.0 Å². The summed E-state index contributed by atoms with van der Waals surface area (Å²) in [5.74, 6) is 0.772. The van der Waals surface area contributed by atoms with Crippen molar-refractivity contribution in [1.29, 1.82) is 0 Å². The first kappa shape index (κ1) is 15.3. The van der Waals surface area contributed by atoms with Crippen LogP contribution < -0.4 is 10.6 Å². The van der Waals surface area contributed by atoms with E-state index >= 15 is 0 Å². The summed E-state index contributed by atoms with van der Waals surface area (Å²) in [6.07, 6.45) is 0. The summed E-state index contributed by atoms with van der Waals surface area (Å²) in [6, 6.07) is 17.5. The molecule has 0 spiro atoms. The van der Waals surface area contributed by atoms with Crippen LogP contribution in [-0.4, -0.2) is 21.1 Å². The van der Waals surface area contributed by atoms with Gasteiger partial charge in [0.1, 0.15) is 0 Å². The van der Waals surface area contributed by atoms with Crippen molar-refractivity contribution in [2.24, 2.45) is 0 Å². The largest absolute Gasteiger partial charge is 0.338 e. The van der Waals surface area contributed by atoms with E-state index in [-0.39, 0.29) is 6.03 Å². The summed E-state index contributed by atoms with van der Waals surface area (Å²) in [5.41, 5.74) is 4.98. The van der Waals surface area contributed by atoms with Crippen molar-refractivity contribution in [2.45, 2.75) is 20.0 Å². The normalized spacial score (nSPS) is 12.8. The molecule has 2 heterocycles. The lowest BCUT2D eigenvalue weighted by molar-refractivity contribution is 0.212. The lowest BCUT2D eigenvalue weighted by Crippen LogP contribution is -2.30. The molecule has 0 saturated heterocycles. The Balaban J connectivity index is 1.45. The first-order valence-electron chi connectivity index (χ1n) is 8.20. The van der Waals surface area contributed by atoms with Gasteiger partial charge in [0.15, 0.2) is 5.82 Å². The zero-order valence-corrected chi connectivity index (χ0v) is 13.9. The van der Waals surface area contributed by atoms with E-state index in [0.29, 0.717) is 13.1 Å². The number of para-hydroxylation sites is 1. The van der Waals surface area contributed by atoms with Crippen LogP contribution in [0.1, 0.15) is 16.8 Å². The molecule has 1 aromatic heterocycles. The van der Waals surface area contributed by atoms with Crippen LogP contribution in [0.5, 0.6) is 0 Å². The molecule has 2 amide bonds. The number of anilines is 3. The Morgan fingerprint density at radius 3 is 2.56 bits per heavy atom. The third-order valence-electron chi connectivity index (χ3n) is 4.28. The number of aromatic amines is 1. The molecule has 2 aromatic carbocycles. The number of benzene rings is 2. The summed E-state index contributed by atoms with van der Waals surface area (Å²) in [6.45, 7) is 3.11. The molecule has 3 aromatic rings. The maximum absolute atomic E-state index is 12.4. The van der Waals surface area contributed by atoms with Crippen LogP contribution in [0, 0.1) is 6.92 Å². The molecule has 3 N–H and O–H groups in total. The number of fused-ring (bicyclic) bond motifs is 1. The molecule has 6 nitrogen and oxygen atoms in total. The number of urea groups is 1. The van der Waals surface area contributed by atoms with Crippen molar-refractivity contribution in [3.05, 3.63) is 71.4 Å². The Hall–Kier alpha value is -3.28. The van der Waals surface area contributed by atoms with Gasteiger partial charge in [-0.15, -0.1) is 0 Å². The zero-order chi connectivity index (χ0) is 17.2. The van der Waals surface area contributed by atoms with Crippen molar-refractivity contribution in [3.8, 4) is 0 Å². The molecule has 6 heteroatoms. The number of aryl methyl sites for hydroxylation is 1. The van der Waals surface area contributed by atoms with Crippen molar-refractivity contribution in [3.63, 3.8) is 0 Å². The summed E-state index contributed by atoms with van der Waals surface area (Å²) >= 11 is 0. The molecule has 0 saturated carbocycles. The highest BCUT2D eigenvalue weighted by Gasteiger charge is 2.28. The van der Waals surface area contributed by atoms with Crippen molar-refractivity contribution >= 4 is 23.2 Å². The zero-order valence-electron chi connectivity index (χ0n) is 13.9. The number of nitrogens with one attached hydrogen (secondary N) is 3. The fourth-order valence-corrected chi connectivity index (χ4v) is 2.88. The number of rotatable bonds is 3. The van der Waals surface area contributed by atoms with E-state index in [9.17, 15) is 4.79 Å². The first-order valence-corrected chi connectivity index (χ1v) is 8.20. The number of H-pyrrole nitrogens is 1. The molecular formula is C19H19N5O. The van der Waals surface area contributed by atoms with E-state index < -0.39 is 0 Å². The monoisotopic (exact) mass is 333 g/mol. The Bertz CT molecular complexity index is 886. The van der Waals surface area contributed by atoms with Gasteiger partial charge >= 0.3 is 6.03 Å². The molecule has 126 valence electrons. The Labute approximate surface area is 145 Å². The SMILES string of the molecule is Cc1ccc(Nc2n[nH]c3c2CN(C(=O)Nc2ccccc2)C3)cc1. The first-order chi connectivity index (χ1) is 12.2. The second-order valence-corrected chi connectivity index (χ2v) is 6.17. The molecule has 1 aliphatic rings. The van der Waals surface area contributed by atoms with Crippen LogP contribution in [0.3, 0.4) is 0 Å². The Morgan fingerprint density at radius 1 is 1.04 bits per heavy atom. The Kier molecular flexibility index (Phi) is 3.85. The van der Waals surface area contributed by atoms with Crippen LogP contribution in [0.25, 0.3) is 0 Å². The maximum Gasteiger partial charge on any atom is 0.322 e. The second-order valence-electron chi connectivity index (χ2n) is 6.17. The summed E-state index contributed by atoms with van der Waals surface area (Å²) in [4.78, 5) is 14.2. The van der Waals surface area contributed by atoms with E-state index in [4.69, 9.17) is 0 Å². The van der Waals surface area contributed by atoms with E-state index in [0.717, 1.165) is 28.5 Å². The van der Waals surface area contributed by atoms with E-state index in [2.05, 4.69) is 39.9 Å². The predicted octanol–water partition coefficient (Wildman–Crippen LogP) is 4.01. The van der Waals surface area contributed by atoms with Crippen LogP contribution in [-0.2, 0) is 13.1 Å². The molecule has 0 radical (unpaired) electrons. The van der Waals surface area contributed by atoms with Gasteiger partial charge in [0.25, 0.3) is 0 Å². The number of carbonyl (C=O) groups excluding carboxylic acids is 1. The van der Waals surface area contributed by atoms with E-state index in [1.165, 1.54) is 5.56 Å². The molecular weight excluding hydrogens is 314 g/mol. The number of aromatic nitrogens is 2. The minimum atomic E-state index is -0.114. The van der Waals surface area contributed by atoms with Crippen LogP contribution >= 0.6 is 0 Å². The van der Waals surface area contributed by atoms with Crippen LogP contribution in [0.4, 0.5) is 22.0 Å². The fourth-order valence-electron chi connectivity index (χ4n) is 2.88. The average molecular weight is 333 g/mol. The smallest absolute Gasteiger partial charge is 0.322 e. The van der Waals surface area contributed by atoms with Gasteiger partial charge in [-0.2, -0.15) is 5.10 Å². The Morgan fingerprint density at radius 2 is 1.80 bits per heavy atom. The van der Waals surface area contributed by atoms with Gasteiger partial charge in [0.2, 0.25) is 0 Å². The molecule has 1 aliphatic heterocycles. The van der Waals surface area contributed by atoms with E-state index in [1.807, 2.05) is 42.5 Å². The number of hydrogen-bond donors (Lipinski definition) is 3. The van der Waals surface area contributed by atoms with Gasteiger partial charge in [-0.25, -0.2) is 4.79 Å². The molecule has 4 rings (SSSR count). The van der Waals surface area contributed by atoms with Gasteiger partial charge in [0, 0.05) is 16.9 Å². The molecule has 0 bridgehead atoms. The third kappa shape index (κ3) is 3.19. The van der Waals surface area contributed by atoms with Crippen LogP contribution in [0.15, 0.2) is 54.6 Å². The minimum absolute atomic E-state index is 0.114. The summed E-state index contributed by atoms with van der Waals surface area (Å²) in [5, 5.41) is 13.6. The van der Waals surface area contributed by atoms with Gasteiger partial charge in [0.05, 0.1) is 18.8 Å². The van der Waals surface area contributed by atoms with Gasteiger partial charge in [-0.1, -0.05) is 35.9 Å². The van der Waals surface area contributed by atoms with Gasteiger partial charge < -0.3 is 15.5 Å². The van der Waals surface area contributed by atoms with Gasteiger partial charge in [-0.05, 0) is 31.2 Å². The highest BCUT2D eigenvalue weighted by Crippen LogP contribution is 2.29. The fraction of sp³-hybridized carbons (Fsp3) is 0.158. The average Bonchev–Trinajstić information content (AvgIpc) is 3.20. The molecule has 0 unspecified atom stereocenters. The van der Waals surface area contributed by atoms with Crippen molar-refractivity contribution in [2.75, 3.05) is 10.6 Å². The maximum atomic E-state index is 12.4. The molecule has 0 aliphatic carbocycles. The highest BCUT2D eigenvalue weighted by molar-refractivity contribution is 5.89. The third-order valence-corrected chi connectivity index (χ3v) is 4.28. The second kappa shape index (κ2) is 6.32. The number of amides is 2. The van der Waals surface area contributed by atoms with Crippen LogP contribution in [0.2, 0.25) is 0 Å². The number of carbonyl (C=O) groups is 1. The molecule has 0 atom stereocenters. The highest BCUT2D eigenvalue weighted by atomic mass is 16.2. The van der Waals surface area contributed by atoms with Crippen molar-refractivity contribution < 1.29 is 4.79 Å². The van der Waals surface area contributed by atoms with Crippen molar-refractivity contribution in [1.82, 2.24) is 15.1 Å². The van der Waals surface area contributed by atoms with Gasteiger partial charge in [-0.3, -0.25) is 5.10 Å². The quantitative estimate of drug-likeness (QED) is 0.678. The lowest BCUT2D eigenvalue weighted by Gasteiger charge is -2.17. The lowest BCUT2D eigenvalue weighted by atomic mass is 10.2. The number of nitrogens with zero attached hydrogens (tertiary/aromatic N) is 2. The summed E-state index contributed by atoms with van der Waals surface area (Å²) < 4.78 is 0. The molecule has 25 heavy (non-hydrogen) atoms. The number of hydrogen-bond acceptors (Lipinski definition) is 3. The van der Waals surface area contributed by atoms with E-state index in [1.54, 1.807) is 4.90 Å². The summed E-state index contributed by atoms with van der Waals surface area (Å²) in [7, 11) is 0. The minimum Gasteiger partial charge on any atom is -0.338 e.